The molecule has 3 rings (SSSR count). The monoisotopic (exact) mass is 422 g/mol. The van der Waals surface area contributed by atoms with Crippen molar-refractivity contribution < 1.29 is 10.2 Å². The lowest BCUT2D eigenvalue weighted by Crippen LogP contribution is -2.31. The van der Waals surface area contributed by atoms with Gasteiger partial charge in [-0.25, -0.2) is 0 Å². The molecule has 1 atom stereocenters. The Balaban J connectivity index is 1.71. The molecule has 1 heterocycles. The number of benzene rings is 2. The van der Waals surface area contributed by atoms with Gasteiger partial charge in [0.2, 0.25) is 0 Å². The topological polar surface area (TPSA) is 56.1 Å². The first-order valence-corrected chi connectivity index (χ1v) is 11.4. The van der Waals surface area contributed by atoms with Gasteiger partial charge in [0.15, 0.2) is 0 Å². The van der Waals surface area contributed by atoms with Crippen LogP contribution in [-0.4, -0.2) is 40.5 Å². The fourth-order valence-corrected chi connectivity index (χ4v) is 4.40. The van der Waals surface area contributed by atoms with E-state index in [1.165, 1.54) is 0 Å². The quantitative estimate of drug-likeness (QED) is 0.601. The van der Waals surface area contributed by atoms with E-state index in [0.29, 0.717) is 24.1 Å². The van der Waals surface area contributed by atoms with Crippen LogP contribution in [0.25, 0.3) is 0 Å². The van der Waals surface area contributed by atoms with Crippen LogP contribution in [0.4, 0.5) is 0 Å². The molecule has 2 N–H and O–H groups in total. The highest BCUT2D eigenvalue weighted by Crippen LogP contribution is 2.35. The van der Waals surface area contributed by atoms with Crippen LogP contribution in [0.3, 0.4) is 0 Å². The van der Waals surface area contributed by atoms with E-state index >= 15 is 0 Å². The van der Waals surface area contributed by atoms with E-state index in [4.69, 9.17) is 0 Å². The van der Waals surface area contributed by atoms with Crippen LogP contribution < -0.4 is 0 Å². The van der Waals surface area contributed by atoms with Crippen LogP contribution >= 0.6 is 0 Å². The molecule has 1 fully saturated rings. The van der Waals surface area contributed by atoms with Gasteiger partial charge in [0.05, 0.1) is 6.54 Å². The number of aromatic hydroxyl groups is 2. The van der Waals surface area contributed by atoms with E-state index in [1.54, 1.807) is 6.21 Å². The number of likely N-dealkylation sites (tertiary alicyclic amines) is 1. The molecule has 2 aromatic rings. The highest BCUT2D eigenvalue weighted by atomic mass is 16.3. The maximum atomic E-state index is 10.8. The first-order chi connectivity index (χ1) is 14.5. The van der Waals surface area contributed by atoms with E-state index in [0.717, 1.165) is 48.2 Å². The smallest absolute Gasteiger partial charge is 0.128 e. The van der Waals surface area contributed by atoms with Gasteiger partial charge in [0, 0.05) is 29.9 Å². The van der Waals surface area contributed by atoms with E-state index in [-0.39, 0.29) is 10.8 Å². The zero-order valence-corrected chi connectivity index (χ0v) is 19.9. The maximum absolute atomic E-state index is 10.8. The van der Waals surface area contributed by atoms with Gasteiger partial charge >= 0.3 is 0 Å². The fourth-order valence-electron chi connectivity index (χ4n) is 4.40. The van der Waals surface area contributed by atoms with Crippen LogP contribution in [0.2, 0.25) is 0 Å². The number of aliphatic imine (C=N–C) groups is 1. The van der Waals surface area contributed by atoms with Crippen molar-refractivity contribution in [1.82, 2.24) is 4.90 Å². The zero-order valence-electron chi connectivity index (χ0n) is 19.9. The third-order valence-corrected chi connectivity index (χ3v) is 6.22. The highest BCUT2D eigenvalue weighted by molar-refractivity contribution is 5.84. The molecule has 0 spiro atoms. The number of rotatable bonds is 5. The van der Waals surface area contributed by atoms with Gasteiger partial charge in [-0.05, 0) is 47.4 Å². The summed E-state index contributed by atoms with van der Waals surface area (Å²) in [5, 5.41) is 21.5. The molecule has 0 aliphatic carbocycles. The Morgan fingerprint density at radius 3 is 2.19 bits per heavy atom. The van der Waals surface area contributed by atoms with Crippen molar-refractivity contribution >= 4 is 6.21 Å². The van der Waals surface area contributed by atoms with Crippen molar-refractivity contribution in [2.24, 2.45) is 4.99 Å². The van der Waals surface area contributed by atoms with Crippen molar-refractivity contribution in [1.29, 1.82) is 0 Å². The van der Waals surface area contributed by atoms with E-state index in [2.05, 4.69) is 51.4 Å². The molecule has 168 valence electrons. The van der Waals surface area contributed by atoms with Crippen LogP contribution in [0.5, 0.6) is 11.5 Å². The fraction of sp³-hybridized carbons (Fsp3) is 0.519. The number of para-hydroxylation sites is 2. The molecule has 1 aliphatic heterocycles. The van der Waals surface area contributed by atoms with Crippen LogP contribution in [0.15, 0.2) is 41.4 Å². The molecule has 0 bridgehead atoms. The van der Waals surface area contributed by atoms with Crippen molar-refractivity contribution in [3.05, 3.63) is 58.7 Å². The zero-order chi connectivity index (χ0) is 22.8. The first kappa shape index (κ1) is 23.3. The van der Waals surface area contributed by atoms with Crippen LogP contribution in [0, 0.1) is 0 Å². The normalized spacial score (nSPS) is 18.2. The minimum Gasteiger partial charge on any atom is -0.507 e. The van der Waals surface area contributed by atoms with E-state index < -0.39 is 0 Å². The van der Waals surface area contributed by atoms with Crippen molar-refractivity contribution in [3.8, 4) is 11.5 Å². The Kier molecular flexibility index (Phi) is 6.80. The van der Waals surface area contributed by atoms with Crippen molar-refractivity contribution in [2.45, 2.75) is 77.8 Å². The first-order valence-electron chi connectivity index (χ1n) is 11.4. The highest BCUT2D eigenvalue weighted by Gasteiger charge is 2.26. The van der Waals surface area contributed by atoms with Crippen molar-refractivity contribution in [3.63, 3.8) is 0 Å². The second-order valence-electron chi connectivity index (χ2n) is 10.8. The largest absolute Gasteiger partial charge is 0.507 e. The Bertz CT molecular complexity index is 935. The van der Waals surface area contributed by atoms with Crippen LogP contribution in [-0.2, 0) is 17.4 Å². The maximum Gasteiger partial charge on any atom is 0.128 e. The molecular weight excluding hydrogens is 384 g/mol. The average molecular weight is 423 g/mol. The summed E-state index contributed by atoms with van der Waals surface area (Å²) < 4.78 is 0. The molecule has 2 aromatic carbocycles. The molecule has 0 unspecified atom stereocenters. The molecule has 0 saturated carbocycles. The lowest BCUT2D eigenvalue weighted by molar-refractivity contribution is 0.247. The van der Waals surface area contributed by atoms with Gasteiger partial charge in [-0.2, -0.15) is 0 Å². The van der Waals surface area contributed by atoms with Gasteiger partial charge in [-0.1, -0.05) is 71.9 Å². The lowest BCUT2D eigenvalue weighted by Gasteiger charge is -2.26. The number of nitrogens with zero attached hydrogens (tertiary/aromatic N) is 2. The number of phenols is 2. The summed E-state index contributed by atoms with van der Waals surface area (Å²) in [5.74, 6) is 0.749. The molecule has 0 aromatic heterocycles. The summed E-state index contributed by atoms with van der Waals surface area (Å²) in [7, 11) is 0. The second kappa shape index (κ2) is 9.04. The summed E-state index contributed by atoms with van der Waals surface area (Å²) >= 11 is 0. The molecular formula is C27H38N2O2. The third-order valence-electron chi connectivity index (χ3n) is 6.22. The summed E-state index contributed by atoms with van der Waals surface area (Å²) in [4.78, 5) is 7.11. The minimum absolute atomic E-state index is 0.0849. The Morgan fingerprint density at radius 1 is 0.935 bits per heavy atom. The van der Waals surface area contributed by atoms with E-state index in [1.807, 2.05) is 36.4 Å². The van der Waals surface area contributed by atoms with Gasteiger partial charge < -0.3 is 10.2 Å². The summed E-state index contributed by atoms with van der Waals surface area (Å²) in [6.07, 6.45) is 4.05. The summed E-state index contributed by atoms with van der Waals surface area (Å²) in [6.45, 7) is 15.1. The van der Waals surface area contributed by atoms with Gasteiger partial charge in [0.25, 0.3) is 0 Å². The van der Waals surface area contributed by atoms with E-state index in [9.17, 15) is 10.2 Å². The molecule has 31 heavy (non-hydrogen) atoms. The Labute approximate surface area is 187 Å². The van der Waals surface area contributed by atoms with Gasteiger partial charge in [0.1, 0.15) is 11.5 Å². The van der Waals surface area contributed by atoms with Gasteiger partial charge in [-0.3, -0.25) is 9.89 Å². The number of hydrogen-bond donors (Lipinski definition) is 2. The standard InChI is InChI=1S/C27H38N2O2/c1-26(2,3)22-13-7-10-19(24(22)30)16-28-17-21-12-9-15-29(21)18-20-11-8-14-23(25(20)31)27(4,5)6/h7-8,10-11,13-14,16,21,30-31H,9,12,15,17-18H2,1-6H3/t21-/m0/s1. The second-order valence-corrected chi connectivity index (χ2v) is 10.8. The minimum atomic E-state index is -0.111. The number of phenolic OH excluding ortho intramolecular Hbond substituents is 2. The predicted octanol–water partition coefficient (Wildman–Crippen LogP) is 5.78. The lowest BCUT2D eigenvalue weighted by atomic mass is 9.85. The molecule has 0 radical (unpaired) electrons. The summed E-state index contributed by atoms with van der Waals surface area (Å²) in [6, 6.07) is 12.3. The Morgan fingerprint density at radius 2 is 1.55 bits per heavy atom. The molecule has 4 nitrogen and oxygen atoms in total. The summed E-state index contributed by atoms with van der Waals surface area (Å²) in [5.41, 5.74) is 3.49. The SMILES string of the molecule is CC(C)(C)c1cccc(C=NC[C@@H]2CCCN2Cc2cccc(C(C)(C)C)c2O)c1O. The number of hydrogen-bond acceptors (Lipinski definition) is 4. The molecule has 0 amide bonds. The van der Waals surface area contributed by atoms with Crippen LogP contribution in [0.1, 0.15) is 76.6 Å². The van der Waals surface area contributed by atoms with Crippen molar-refractivity contribution in [2.75, 3.05) is 13.1 Å². The van der Waals surface area contributed by atoms with Gasteiger partial charge in [-0.15, -0.1) is 0 Å². The Hall–Kier alpha value is -2.33. The predicted molar refractivity (Wildman–Crippen MR) is 130 cm³/mol. The molecule has 1 aliphatic rings. The molecule has 1 saturated heterocycles. The third kappa shape index (κ3) is 5.48. The average Bonchev–Trinajstić information content (AvgIpc) is 3.10. The molecule has 4 heteroatoms.